The smallest absolute Gasteiger partial charge is 0.416 e. The summed E-state index contributed by atoms with van der Waals surface area (Å²) < 4.78 is 50.0. The summed E-state index contributed by atoms with van der Waals surface area (Å²) in [6, 6.07) is 11.1. The fraction of sp³-hybridized carbons (Fsp3) is 0.217. The van der Waals surface area contributed by atoms with Gasteiger partial charge in [0.25, 0.3) is 5.91 Å². The number of nitrogens with one attached hydrogen (secondary N) is 1. The summed E-state index contributed by atoms with van der Waals surface area (Å²) in [6.07, 6.45) is -5.96. The van der Waals surface area contributed by atoms with E-state index >= 15 is 0 Å². The van der Waals surface area contributed by atoms with E-state index in [0.717, 1.165) is 28.4 Å². The monoisotopic (exact) mass is 505 g/mol. The van der Waals surface area contributed by atoms with Gasteiger partial charge in [-0.15, -0.1) is 11.3 Å². The molecule has 1 N–H and O–H groups in total. The van der Waals surface area contributed by atoms with Crippen molar-refractivity contribution in [3.8, 4) is 5.75 Å². The third-order valence-corrected chi connectivity index (χ3v) is 5.79. The molecule has 8 nitrogen and oxygen atoms in total. The summed E-state index contributed by atoms with van der Waals surface area (Å²) in [5.74, 6) is -1.29. The fourth-order valence-electron chi connectivity index (χ4n) is 3.31. The molecule has 0 unspecified atom stereocenters. The molecular weight excluding hydrogens is 487 g/mol. The maximum Gasteiger partial charge on any atom is 0.416 e. The predicted molar refractivity (Wildman–Crippen MR) is 120 cm³/mol. The van der Waals surface area contributed by atoms with Crippen molar-refractivity contribution in [2.24, 2.45) is 0 Å². The van der Waals surface area contributed by atoms with Crippen LogP contribution in [0.4, 0.5) is 29.7 Å². The van der Waals surface area contributed by atoms with Crippen LogP contribution in [-0.4, -0.2) is 28.9 Å². The number of alkyl halides is 3. The van der Waals surface area contributed by atoms with E-state index in [4.69, 9.17) is 9.47 Å². The van der Waals surface area contributed by atoms with Crippen LogP contribution in [0.15, 0.2) is 53.9 Å². The second-order valence-electron chi connectivity index (χ2n) is 7.48. The van der Waals surface area contributed by atoms with Gasteiger partial charge in [-0.05, 0) is 30.3 Å². The third-order valence-electron chi connectivity index (χ3n) is 4.92. The number of esters is 1. The summed E-state index contributed by atoms with van der Waals surface area (Å²) >= 11 is 1.01. The largest absolute Gasteiger partial charge is 0.478 e. The van der Waals surface area contributed by atoms with Gasteiger partial charge in [0.2, 0.25) is 5.91 Å². The number of hydrogen-bond acceptors (Lipinski definition) is 7. The van der Waals surface area contributed by atoms with E-state index < -0.39 is 35.6 Å². The average molecular weight is 505 g/mol. The first kappa shape index (κ1) is 24.2. The number of amides is 2. The number of carbonyl (C=O) groups excluding carboxylic acids is 3. The van der Waals surface area contributed by atoms with Crippen LogP contribution < -0.4 is 15.0 Å². The molecule has 0 fully saturated rings. The lowest BCUT2D eigenvalue weighted by Crippen LogP contribution is -2.38. The third kappa shape index (κ3) is 5.60. The lowest BCUT2D eigenvalue weighted by molar-refractivity contribution is -0.149. The number of carbonyl (C=O) groups is 3. The van der Waals surface area contributed by atoms with E-state index in [-0.39, 0.29) is 29.5 Å². The molecule has 0 radical (unpaired) electrons. The van der Waals surface area contributed by atoms with Crippen molar-refractivity contribution in [1.29, 1.82) is 0 Å². The number of anilines is 3. The average Bonchev–Trinajstić information content (AvgIpc) is 3.26. The zero-order valence-corrected chi connectivity index (χ0v) is 19.0. The van der Waals surface area contributed by atoms with E-state index in [1.807, 2.05) is 0 Å². The zero-order valence-electron chi connectivity index (χ0n) is 18.2. The SMILES string of the molecule is CC(=O)N(c1cccc(C(F)(F)F)c1)c1nc(COC(=O)C[C@H]2Oc3ccccc3NC2=O)cs1. The van der Waals surface area contributed by atoms with E-state index in [1.165, 1.54) is 24.4 Å². The van der Waals surface area contributed by atoms with Crippen LogP contribution in [-0.2, 0) is 31.9 Å². The predicted octanol–water partition coefficient (Wildman–Crippen LogP) is 4.68. The minimum Gasteiger partial charge on any atom is -0.478 e. The minimum absolute atomic E-state index is 0.00552. The molecule has 4 rings (SSSR count). The molecule has 3 aromatic rings. The molecular formula is C23H18F3N3O5S. The Hall–Kier alpha value is -3.93. The van der Waals surface area contributed by atoms with E-state index in [0.29, 0.717) is 11.4 Å². The molecule has 0 saturated heterocycles. The van der Waals surface area contributed by atoms with Crippen molar-refractivity contribution in [3.63, 3.8) is 0 Å². The molecule has 1 aromatic heterocycles. The highest BCUT2D eigenvalue weighted by molar-refractivity contribution is 7.14. The fourth-order valence-corrected chi connectivity index (χ4v) is 4.18. The van der Waals surface area contributed by atoms with Crippen LogP contribution in [0.2, 0.25) is 0 Å². The Labute approximate surface area is 201 Å². The molecule has 0 spiro atoms. The van der Waals surface area contributed by atoms with Crippen LogP contribution in [0.1, 0.15) is 24.6 Å². The number of benzene rings is 2. The highest BCUT2D eigenvalue weighted by Crippen LogP contribution is 2.35. The molecule has 35 heavy (non-hydrogen) atoms. The topological polar surface area (TPSA) is 97.8 Å². The van der Waals surface area contributed by atoms with Crippen LogP contribution in [0.3, 0.4) is 0 Å². The van der Waals surface area contributed by atoms with E-state index in [1.54, 1.807) is 24.3 Å². The normalized spacial score (nSPS) is 15.0. The van der Waals surface area contributed by atoms with Crippen molar-refractivity contribution in [3.05, 3.63) is 65.2 Å². The molecule has 12 heteroatoms. The molecule has 0 saturated carbocycles. The van der Waals surface area contributed by atoms with Crippen LogP contribution >= 0.6 is 11.3 Å². The van der Waals surface area contributed by atoms with Crippen LogP contribution in [0.25, 0.3) is 0 Å². The number of nitrogens with zero attached hydrogens (tertiary/aromatic N) is 2. The maximum atomic E-state index is 13.1. The number of halogens is 3. The summed E-state index contributed by atoms with van der Waals surface area (Å²) in [4.78, 5) is 41.9. The Morgan fingerprint density at radius 3 is 2.71 bits per heavy atom. The molecule has 182 valence electrons. The molecule has 1 aliphatic heterocycles. The number of rotatable bonds is 6. The first-order valence-corrected chi connectivity index (χ1v) is 11.1. The van der Waals surface area contributed by atoms with Gasteiger partial charge in [0.1, 0.15) is 12.4 Å². The van der Waals surface area contributed by atoms with Gasteiger partial charge in [0.05, 0.1) is 29.1 Å². The number of aromatic nitrogens is 1. The Bertz CT molecular complexity index is 1280. The first-order valence-electron chi connectivity index (χ1n) is 10.3. The Morgan fingerprint density at radius 2 is 1.97 bits per heavy atom. The van der Waals surface area contributed by atoms with E-state index in [9.17, 15) is 27.6 Å². The molecule has 1 atom stereocenters. The van der Waals surface area contributed by atoms with Crippen molar-refractivity contribution in [2.75, 3.05) is 10.2 Å². The van der Waals surface area contributed by atoms with Crippen molar-refractivity contribution in [1.82, 2.24) is 4.98 Å². The lowest BCUT2D eigenvalue weighted by atomic mass is 10.1. The summed E-state index contributed by atoms with van der Waals surface area (Å²) in [5, 5.41) is 4.29. The minimum atomic E-state index is -4.57. The number of thiazole rings is 1. The van der Waals surface area contributed by atoms with Crippen molar-refractivity contribution >= 4 is 45.6 Å². The quantitative estimate of drug-likeness (QED) is 0.489. The number of hydrogen-bond donors (Lipinski definition) is 1. The first-order chi connectivity index (χ1) is 16.6. The standard InChI is InChI=1S/C23H18F3N3O5S/c1-13(30)29(16-6-4-5-14(9-16)23(24,25)26)22-27-15(12-35-22)11-33-20(31)10-19-21(32)28-17-7-2-3-8-18(17)34-19/h2-9,12,19H,10-11H2,1H3,(H,28,32)/t19-/m1/s1. The van der Waals surface area contributed by atoms with Gasteiger partial charge in [0.15, 0.2) is 11.2 Å². The second kappa shape index (κ2) is 9.74. The van der Waals surface area contributed by atoms with Crippen molar-refractivity contribution in [2.45, 2.75) is 32.2 Å². The molecule has 0 bridgehead atoms. The molecule has 2 heterocycles. The number of ether oxygens (including phenoxy) is 2. The lowest BCUT2D eigenvalue weighted by Gasteiger charge is -2.25. The second-order valence-corrected chi connectivity index (χ2v) is 8.32. The highest BCUT2D eigenvalue weighted by atomic mass is 32.1. The van der Waals surface area contributed by atoms with Gasteiger partial charge in [-0.3, -0.25) is 19.3 Å². The van der Waals surface area contributed by atoms with Gasteiger partial charge in [-0.1, -0.05) is 18.2 Å². The summed E-state index contributed by atoms with van der Waals surface area (Å²) in [6.45, 7) is 0.948. The van der Waals surface area contributed by atoms with Gasteiger partial charge in [-0.25, -0.2) is 4.98 Å². The highest BCUT2D eigenvalue weighted by Gasteiger charge is 2.32. The number of para-hydroxylation sites is 2. The van der Waals surface area contributed by atoms with Gasteiger partial charge in [-0.2, -0.15) is 13.2 Å². The van der Waals surface area contributed by atoms with E-state index in [2.05, 4.69) is 10.3 Å². The Morgan fingerprint density at radius 1 is 1.20 bits per heavy atom. The molecule has 0 aliphatic carbocycles. The Kier molecular flexibility index (Phi) is 6.74. The molecule has 2 amide bonds. The van der Waals surface area contributed by atoms with Crippen LogP contribution in [0.5, 0.6) is 5.75 Å². The molecule has 1 aliphatic rings. The van der Waals surface area contributed by atoms with Gasteiger partial charge < -0.3 is 14.8 Å². The summed E-state index contributed by atoms with van der Waals surface area (Å²) in [5.41, 5.74) is -0.0987. The van der Waals surface area contributed by atoms with Gasteiger partial charge >= 0.3 is 12.1 Å². The van der Waals surface area contributed by atoms with Crippen molar-refractivity contribution < 1.29 is 37.0 Å². The van der Waals surface area contributed by atoms with Crippen LogP contribution in [0, 0.1) is 0 Å². The summed E-state index contributed by atoms with van der Waals surface area (Å²) in [7, 11) is 0. The molecule has 2 aromatic carbocycles. The zero-order chi connectivity index (χ0) is 25.2. The van der Waals surface area contributed by atoms with Gasteiger partial charge in [0, 0.05) is 12.3 Å². The number of fused-ring (bicyclic) bond motifs is 1. The maximum absolute atomic E-state index is 13.1. The Balaban J connectivity index is 1.40.